The monoisotopic (exact) mass is 102 g/mol. The summed E-state index contributed by atoms with van der Waals surface area (Å²) in [5.41, 5.74) is 0. The fraction of sp³-hybridized carbons (Fsp3) is 0.333. The van der Waals surface area contributed by atoms with Crippen LogP contribution in [0.2, 0.25) is 0 Å². The molecule has 0 aromatic carbocycles. The lowest BCUT2D eigenvalue weighted by atomic mass is 11.0. The second kappa shape index (κ2) is 1.53. The van der Waals surface area contributed by atoms with Gasteiger partial charge >= 0.3 is 0 Å². The van der Waals surface area contributed by atoms with E-state index in [1.165, 1.54) is 18.0 Å². The van der Waals surface area contributed by atoms with E-state index in [0.717, 1.165) is 5.06 Å². The fourth-order valence-electron chi connectivity index (χ4n) is 0.270. The fourth-order valence-corrected chi connectivity index (χ4v) is 0.811. The molecule has 3 heteroatoms. The summed E-state index contributed by atoms with van der Waals surface area (Å²) < 4.78 is 0. The van der Waals surface area contributed by atoms with Crippen LogP contribution in [0.25, 0.3) is 0 Å². The van der Waals surface area contributed by atoms with Crippen LogP contribution in [0.1, 0.15) is 0 Å². The third-order valence-electron chi connectivity index (χ3n) is 0.525. The summed E-state index contributed by atoms with van der Waals surface area (Å²) in [4.78, 5) is 0. The van der Waals surface area contributed by atoms with Gasteiger partial charge in [0.15, 0.2) is 0 Å². The van der Waals surface area contributed by atoms with Crippen LogP contribution in [-0.2, 0) is 5.21 Å². The molecule has 0 unspecified atom stereocenters. The second-order valence-corrected chi connectivity index (χ2v) is 1.86. The number of nitrogens with zero attached hydrogens (tertiary/aromatic N) is 1. The van der Waals surface area contributed by atoms with Crippen molar-refractivity contribution in [3.8, 4) is 0 Å². The molecule has 0 amide bonds. The third-order valence-corrected chi connectivity index (χ3v) is 1.24. The highest BCUT2D eigenvalue weighted by molar-refractivity contribution is 8.02. The van der Waals surface area contributed by atoms with Gasteiger partial charge in [-0.15, -0.1) is 11.8 Å². The molecule has 33 valence electrons. The minimum atomic E-state index is 0.569. The summed E-state index contributed by atoms with van der Waals surface area (Å²) >= 11 is 1.52. The number of hydrogen-bond acceptors (Lipinski definition) is 2. The largest absolute Gasteiger partial charge is 0.217 e. The Hall–Kier alpha value is -0.150. The van der Waals surface area contributed by atoms with Gasteiger partial charge in [-0.3, -0.25) is 0 Å². The Balaban J connectivity index is 2.38. The van der Waals surface area contributed by atoms with Crippen LogP contribution in [0.15, 0.2) is 11.6 Å². The van der Waals surface area contributed by atoms with Crippen molar-refractivity contribution in [3.05, 3.63) is 11.6 Å². The summed E-state index contributed by atoms with van der Waals surface area (Å²) in [7, 11) is 0. The molecular formula is C3H4NOS. The maximum absolute atomic E-state index is 10.1. The smallest absolute Gasteiger partial charge is 0.0974 e. The molecule has 0 aliphatic carbocycles. The lowest BCUT2D eigenvalue weighted by molar-refractivity contribution is -0.0934. The van der Waals surface area contributed by atoms with Crippen LogP contribution in [0.3, 0.4) is 0 Å². The Morgan fingerprint density at radius 2 is 2.67 bits per heavy atom. The summed E-state index contributed by atoms with van der Waals surface area (Å²) in [5, 5.41) is 12.7. The minimum Gasteiger partial charge on any atom is -0.217 e. The Bertz CT molecular complexity index is 73.2. The summed E-state index contributed by atoms with van der Waals surface area (Å²) in [6.07, 6.45) is 1.52. The van der Waals surface area contributed by atoms with Gasteiger partial charge in [0, 0.05) is 6.20 Å². The summed E-state index contributed by atoms with van der Waals surface area (Å²) in [6.45, 7) is 0. The van der Waals surface area contributed by atoms with Crippen molar-refractivity contribution in [2.75, 3.05) is 5.88 Å². The van der Waals surface area contributed by atoms with Crippen molar-refractivity contribution < 1.29 is 5.21 Å². The maximum Gasteiger partial charge on any atom is 0.0974 e. The van der Waals surface area contributed by atoms with Gasteiger partial charge in [-0.1, -0.05) is 5.21 Å². The SMILES string of the molecule is [O]N1C=CSC1. The summed E-state index contributed by atoms with van der Waals surface area (Å²) in [5.74, 6) is 0.569. The van der Waals surface area contributed by atoms with E-state index < -0.39 is 0 Å². The number of hydroxylamine groups is 2. The van der Waals surface area contributed by atoms with Crippen LogP contribution in [-0.4, -0.2) is 10.9 Å². The van der Waals surface area contributed by atoms with Gasteiger partial charge < -0.3 is 0 Å². The minimum absolute atomic E-state index is 0.569. The third kappa shape index (κ3) is 0.666. The molecule has 6 heavy (non-hydrogen) atoms. The lowest BCUT2D eigenvalue weighted by Crippen LogP contribution is -2.01. The topological polar surface area (TPSA) is 23.1 Å². The van der Waals surface area contributed by atoms with E-state index in [1.54, 1.807) is 5.41 Å². The molecule has 1 heterocycles. The van der Waals surface area contributed by atoms with Crippen molar-refractivity contribution in [2.24, 2.45) is 0 Å². The molecule has 1 rings (SSSR count). The van der Waals surface area contributed by atoms with E-state index in [1.807, 2.05) is 0 Å². The molecule has 0 aromatic heterocycles. The Morgan fingerprint density at radius 3 is 2.83 bits per heavy atom. The lowest BCUT2D eigenvalue weighted by Gasteiger charge is -1.94. The average Bonchev–Trinajstić information content (AvgIpc) is 1.86. The van der Waals surface area contributed by atoms with Gasteiger partial charge in [0.1, 0.15) is 0 Å². The highest BCUT2D eigenvalue weighted by Crippen LogP contribution is 2.11. The molecule has 2 nitrogen and oxygen atoms in total. The average molecular weight is 102 g/mol. The van der Waals surface area contributed by atoms with E-state index in [0.29, 0.717) is 5.88 Å². The van der Waals surface area contributed by atoms with Crippen molar-refractivity contribution in [1.29, 1.82) is 0 Å². The number of thioether (sulfide) groups is 1. The van der Waals surface area contributed by atoms with Gasteiger partial charge in [0.25, 0.3) is 0 Å². The molecule has 0 atom stereocenters. The van der Waals surface area contributed by atoms with Crippen LogP contribution in [0.5, 0.6) is 0 Å². The quantitative estimate of drug-likeness (QED) is 0.451. The van der Waals surface area contributed by atoms with E-state index in [-0.39, 0.29) is 0 Å². The zero-order chi connectivity index (χ0) is 4.41. The van der Waals surface area contributed by atoms with E-state index in [4.69, 9.17) is 0 Å². The first-order valence-electron chi connectivity index (χ1n) is 1.61. The molecular weight excluding hydrogens is 98.1 g/mol. The molecule has 0 aromatic rings. The van der Waals surface area contributed by atoms with Crippen LogP contribution >= 0.6 is 11.8 Å². The molecule has 0 spiro atoms. The molecule has 1 aliphatic heterocycles. The van der Waals surface area contributed by atoms with Gasteiger partial charge in [-0.2, -0.15) is 0 Å². The van der Waals surface area contributed by atoms with Crippen LogP contribution in [0, 0.1) is 0 Å². The van der Waals surface area contributed by atoms with E-state index >= 15 is 0 Å². The predicted octanol–water partition coefficient (Wildman–Crippen LogP) is 0.809. The first-order chi connectivity index (χ1) is 2.89. The predicted molar refractivity (Wildman–Crippen MR) is 24.1 cm³/mol. The van der Waals surface area contributed by atoms with E-state index in [9.17, 15) is 5.21 Å². The van der Waals surface area contributed by atoms with Crippen LogP contribution < -0.4 is 0 Å². The van der Waals surface area contributed by atoms with Gasteiger partial charge in [0.05, 0.1) is 5.88 Å². The molecule has 1 aliphatic rings. The van der Waals surface area contributed by atoms with Gasteiger partial charge in [-0.05, 0) is 5.41 Å². The van der Waals surface area contributed by atoms with E-state index in [2.05, 4.69) is 0 Å². The molecule has 0 fully saturated rings. The zero-order valence-corrected chi connectivity index (χ0v) is 3.94. The van der Waals surface area contributed by atoms with Gasteiger partial charge in [0.2, 0.25) is 0 Å². The highest BCUT2D eigenvalue weighted by Gasteiger charge is 1.97. The number of rotatable bonds is 0. The number of hydrogen-bond donors (Lipinski definition) is 0. The molecule has 0 N–H and O–H groups in total. The maximum atomic E-state index is 10.1. The van der Waals surface area contributed by atoms with Crippen LogP contribution in [0.4, 0.5) is 0 Å². The summed E-state index contributed by atoms with van der Waals surface area (Å²) in [6, 6.07) is 0. The van der Waals surface area contributed by atoms with Crippen molar-refractivity contribution in [3.63, 3.8) is 0 Å². The first kappa shape index (κ1) is 4.02. The highest BCUT2D eigenvalue weighted by atomic mass is 32.2. The first-order valence-corrected chi connectivity index (χ1v) is 2.66. The Morgan fingerprint density at radius 1 is 1.83 bits per heavy atom. The van der Waals surface area contributed by atoms with Crippen molar-refractivity contribution >= 4 is 11.8 Å². The zero-order valence-electron chi connectivity index (χ0n) is 3.13. The van der Waals surface area contributed by atoms with Crippen molar-refractivity contribution in [1.82, 2.24) is 5.06 Å². The second-order valence-electron chi connectivity index (χ2n) is 0.998. The Kier molecular flexibility index (Phi) is 1.03. The molecule has 1 radical (unpaired) electrons. The molecule has 0 saturated heterocycles. The van der Waals surface area contributed by atoms with Gasteiger partial charge in [-0.25, -0.2) is 5.06 Å². The standard InChI is InChI=1S/C3H4NOS/c5-4-1-2-6-3-4/h1-2H,3H2. The molecule has 0 bridgehead atoms. The van der Waals surface area contributed by atoms with Crippen molar-refractivity contribution in [2.45, 2.75) is 0 Å². The Labute approximate surface area is 40.4 Å². The molecule has 0 saturated carbocycles. The normalized spacial score (nSPS) is 19.8.